The maximum Gasteiger partial charge on any atom is 0.407 e. The van der Waals surface area contributed by atoms with Gasteiger partial charge in [-0.25, -0.2) is 14.2 Å². The van der Waals surface area contributed by atoms with Crippen molar-refractivity contribution in [3.05, 3.63) is 53.3 Å². The SMILES string of the molecule is CN(CCN(C)c1nc(N2CC(N(C)C)C2)nc2c(F)c(-c3cc(O)cc4ccccc34)c(Cl)cc12)C(=O)O. The summed E-state index contributed by atoms with van der Waals surface area (Å²) in [6, 6.07) is 12.5. The van der Waals surface area contributed by atoms with E-state index in [0.717, 1.165) is 10.8 Å². The third kappa shape index (κ3) is 4.97. The van der Waals surface area contributed by atoms with Crippen molar-refractivity contribution in [3.8, 4) is 16.9 Å². The van der Waals surface area contributed by atoms with E-state index < -0.39 is 11.9 Å². The van der Waals surface area contributed by atoms with Gasteiger partial charge in [-0.05, 0) is 48.6 Å². The quantitative estimate of drug-likeness (QED) is 0.339. The third-order valence-corrected chi connectivity index (χ3v) is 7.60. The first-order chi connectivity index (χ1) is 18.5. The van der Waals surface area contributed by atoms with E-state index in [9.17, 15) is 15.0 Å². The van der Waals surface area contributed by atoms with Crippen LogP contribution in [0.4, 0.5) is 21.0 Å². The molecular formula is C28H30ClFN6O3. The number of hydrogen-bond donors (Lipinski definition) is 2. The number of nitrogens with zero attached hydrogens (tertiary/aromatic N) is 6. The number of phenols is 1. The molecule has 204 valence electrons. The first kappa shape index (κ1) is 26.7. The second-order valence-electron chi connectivity index (χ2n) is 10.2. The lowest BCUT2D eigenvalue weighted by Crippen LogP contribution is -2.58. The zero-order valence-corrected chi connectivity index (χ0v) is 22.9. The highest BCUT2D eigenvalue weighted by molar-refractivity contribution is 6.35. The fourth-order valence-electron chi connectivity index (χ4n) is 4.80. The Morgan fingerprint density at radius 3 is 2.49 bits per heavy atom. The van der Waals surface area contributed by atoms with Gasteiger partial charge in [0.1, 0.15) is 17.1 Å². The number of aromatic nitrogens is 2. The number of rotatable bonds is 7. The highest BCUT2D eigenvalue weighted by Crippen LogP contribution is 2.42. The molecule has 0 aliphatic carbocycles. The number of phenolic OH excluding ortho intramolecular Hbond substituents is 1. The maximum absolute atomic E-state index is 16.5. The van der Waals surface area contributed by atoms with E-state index in [1.807, 2.05) is 43.3 Å². The predicted octanol–water partition coefficient (Wildman–Crippen LogP) is 4.74. The van der Waals surface area contributed by atoms with Crippen LogP contribution in [0.3, 0.4) is 0 Å². The molecule has 0 radical (unpaired) electrons. The van der Waals surface area contributed by atoms with Crippen LogP contribution in [-0.4, -0.2) is 96.5 Å². The summed E-state index contributed by atoms with van der Waals surface area (Å²) in [6.45, 7) is 1.95. The number of likely N-dealkylation sites (N-methyl/N-ethyl adjacent to an activating group) is 3. The van der Waals surface area contributed by atoms with Gasteiger partial charge in [-0.2, -0.15) is 4.98 Å². The first-order valence-electron chi connectivity index (χ1n) is 12.5. The van der Waals surface area contributed by atoms with Crippen LogP contribution < -0.4 is 9.80 Å². The molecule has 3 aromatic carbocycles. The van der Waals surface area contributed by atoms with Crippen molar-refractivity contribution in [3.63, 3.8) is 0 Å². The van der Waals surface area contributed by atoms with E-state index >= 15 is 4.39 Å². The molecule has 1 fully saturated rings. The minimum absolute atomic E-state index is 0.000851. The number of aromatic hydroxyl groups is 1. The number of amides is 1. The zero-order valence-electron chi connectivity index (χ0n) is 22.2. The molecule has 0 unspecified atom stereocenters. The van der Waals surface area contributed by atoms with Gasteiger partial charge in [-0.15, -0.1) is 0 Å². The largest absolute Gasteiger partial charge is 0.508 e. The van der Waals surface area contributed by atoms with Crippen LogP contribution in [0.5, 0.6) is 5.75 Å². The molecule has 0 atom stereocenters. The Morgan fingerprint density at radius 2 is 1.79 bits per heavy atom. The molecule has 4 aromatic rings. The number of anilines is 2. The lowest BCUT2D eigenvalue weighted by atomic mass is 9.96. The van der Waals surface area contributed by atoms with Gasteiger partial charge in [-0.3, -0.25) is 0 Å². The zero-order chi connectivity index (χ0) is 28.0. The second kappa shape index (κ2) is 10.3. The average Bonchev–Trinajstić information content (AvgIpc) is 2.85. The van der Waals surface area contributed by atoms with Crippen LogP contribution in [0.25, 0.3) is 32.8 Å². The lowest BCUT2D eigenvalue weighted by molar-refractivity contribution is 0.157. The van der Waals surface area contributed by atoms with E-state index in [4.69, 9.17) is 16.6 Å². The van der Waals surface area contributed by atoms with Crippen LogP contribution in [0.2, 0.25) is 5.02 Å². The van der Waals surface area contributed by atoms with Crippen LogP contribution in [-0.2, 0) is 0 Å². The van der Waals surface area contributed by atoms with Crippen molar-refractivity contribution in [2.24, 2.45) is 0 Å². The summed E-state index contributed by atoms with van der Waals surface area (Å²) in [5.74, 6) is 0.233. The summed E-state index contributed by atoms with van der Waals surface area (Å²) in [4.78, 5) is 27.8. The van der Waals surface area contributed by atoms with Gasteiger partial charge in [0.25, 0.3) is 0 Å². The molecule has 0 spiro atoms. The fourth-order valence-corrected chi connectivity index (χ4v) is 5.09. The molecule has 0 saturated carbocycles. The Balaban J connectivity index is 1.68. The molecule has 1 aromatic heterocycles. The van der Waals surface area contributed by atoms with E-state index in [2.05, 4.69) is 9.88 Å². The van der Waals surface area contributed by atoms with Gasteiger partial charge in [0.2, 0.25) is 5.95 Å². The average molecular weight is 553 g/mol. The smallest absolute Gasteiger partial charge is 0.407 e. The monoisotopic (exact) mass is 552 g/mol. The highest BCUT2D eigenvalue weighted by Gasteiger charge is 2.32. The molecule has 1 saturated heterocycles. The molecule has 1 aliphatic heterocycles. The second-order valence-corrected chi connectivity index (χ2v) is 10.6. The van der Waals surface area contributed by atoms with Gasteiger partial charge in [0.15, 0.2) is 5.82 Å². The molecule has 11 heteroatoms. The Kier molecular flexibility index (Phi) is 7.09. The minimum Gasteiger partial charge on any atom is -0.508 e. The summed E-state index contributed by atoms with van der Waals surface area (Å²) in [5, 5.41) is 21.7. The first-order valence-corrected chi connectivity index (χ1v) is 12.9. The van der Waals surface area contributed by atoms with Gasteiger partial charge >= 0.3 is 6.09 Å². The summed E-state index contributed by atoms with van der Waals surface area (Å²) < 4.78 is 16.5. The number of carboxylic acid groups (broad SMARTS) is 1. The number of carbonyl (C=O) groups is 1. The van der Waals surface area contributed by atoms with Crippen molar-refractivity contribution >= 4 is 51.1 Å². The molecule has 2 heterocycles. The lowest BCUT2D eigenvalue weighted by Gasteiger charge is -2.43. The Hall–Kier alpha value is -3.89. The molecule has 9 nitrogen and oxygen atoms in total. The molecular weight excluding hydrogens is 523 g/mol. The molecule has 5 rings (SSSR count). The minimum atomic E-state index is -1.04. The van der Waals surface area contributed by atoms with Crippen molar-refractivity contribution in [2.75, 3.05) is 64.2 Å². The molecule has 1 aliphatic rings. The summed E-state index contributed by atoms with van der Waals surface area (Å²) in [5.41, 5.74) is 0.716. The number of benzene rings is 3. The Labute approximate surface area is 230 Å². The van der Waals surface area contributed by atoms with Crippen molar-refractivity contribution in [2.45, 2.75) is 6.04 Å². The summed E-state index contributed by atoms with van der Waals surface area (Å²) >= 11 is 6.74. The van der Waals surface area contributed by atoms with Gasteiger partial charge in [0.05, 0.1) is 5.02 Å². The Bertz CT molecular complexity index is 1580. The molecule has 2 N–H and O–H groups in total. The number of halogens is 2. The topological polar surface area (TPSA) is 96.3 Å². The molecule has 1 amide bonds. The van der Waals surface area contributed by atoms with Crippen LogP contribution in [0, 0.1) is 5.82 Å². The molecule has 39 heavy (non-hydrogen) atoms. The maximum atomic E-state index is 16.5. The van der Waals surface area contributed by atoms with E-state index in [0.29, 0.717) is 48.4 Å². The van der Waals surface area contributed by atoms with Gasteiger partial charge < -0.3 is 29.8 Å². The van der Waals surface area contributed by atoms with Gasteiger partial charge in [0, 0.05) is 57.3 Å². The van der Waals surface area contributed by atoms with E-state index in [1.54, 1.807) is 24.1 Å². The fraction of sp³-hybridized carbons (Fsp3) is 0.321. The van der Waals surface area contributed by atoms with Gasteiger partial charge in [-0.1, -0.05) is 35.9 Å². The number of hydrogen-bond acceptors (Lipinski definition) is 7. The van der Waals surface area contributed by atoms with Crippen molar-refractivity contribution < 1.29 is 19.4 Å². The summed E-state index contributed by atoms with van der Waals surface area (Å²) in [7, 11) is 7.29. The van der Waals surface area contributed by atoms with Crippen molar-refractivity contribution in [1.82, 2.24) is 19.8 Å². The van der Waals surface area contributed by atoms with Crippen molar-refractivity contribution in [1.29, 1.82) is 0 Å². The van der Waals surface area contributed by atoms with E-state index in [1.165, 1.54) is 18.0 Å². The van der Waals surface area contributed by atoms with Crippen LogP contribution in [0.15, 0.2) is 42.5 Å². The summed E-state index contributed by atoms with van der Waals surface area (Å²) in [6.07, 6.45) is -1.04. The predicted molar refractivity (Wildman–Crippen MR) is 153 cm³/mol. The van der Waals surface area contributed by atoms with Crippen LogP contribution in [0.1, 0.15) is 0 Å². The third-order valence-electron chi connectivity index (χ3n) is 7.30. The Morgan fingerprint density at radius 1 is 1.08 bits per heavy atom. The van der Waals surface area contributed by atoms with Crippen LogP contribution >= 0.6 is 11.6 Å². The molecule has 0 bridgehead atoms. The normalized spacial score (nSPS) is 13.8. The highest BCUT2D eigenvalue weighted by atomic mass is 35.5. The van der Waals surface area contributed by atoms with E-state index in [-0.39, 0.29) is 28.4 Å². The number of fused-ring (bicyclic) bond motifs is 2. The standard InChI is InChI=1S/C28H30ClFN6O3/c1-33(2)17-14-36(15-17)27-31-25-21(26(32-27)34(3)9-10-35(4)28(38)39)13-22(29)23(24(25)30)20-12-18(37)11-16-7-5-6-8-19(16)20/h5-8,11-13,17,37H,9-10,14-15H2,1-4H3,(H,38,39).